The topological polar surface area (TPSA) is 12.0 Å². The molecule has 5 rings (SSSR count). The van der Waals surface area contributed by atoms with Crippen LogP contribution in [0.15, 0.2) is 48.5 Å². The molecule has 31 heavy (non-hydrogen) atoms. The molecule has 0 radical (unpaired) electrons. The van der Waals surface area contributed by atoms with E-state index < -0.39 is 0 Å². The number of nitrogens with one attached hydrogen (secondary N) is 1. The van der Waals surface area contributed by atoms with E-state index in [-0.39, 0.29) is 0 Å². The van der Waals surface area contributed by atoms with Crippen molar-refractivity contribution in [3.05, 3.63) is 70.8 Å². The highest BCUT2D eigenvalue weighted by atomic mass is 14.9. The highest BCUT2D eigenvalue weighted by Crippen LogP contribution is 2.37. The van der Waals surface area contributed by atoms with E-state index >= 15 is 0 Å². The summed E-state index contributed by atoms with van der Waals surface area (Å²) in [5.74, 6) is 2.06. The minimum Gasteiger partial charge on any atom is -0.313 e. The largest absolute Gasteiger partial charge is 0.313 e. The summed E-state index contributed by atoms with van der Waals surface area (Å²) in [5, 5.41) is 3.87. The molecule has 3 fully saturated rings. The molecule has 1 N–H and O–H groups in total. The summed E-state index contributed by atoms with van der Waals surface area (Å²) < 4.78 is 0. The number of rotatable bonds is 5. The fraction of sp³-hybridized carbons (Fsp3) is 0.600. The molecular weight excluding hydrogens is 374 g/mol. The summed E-state index contributed by atoms with van der Waals surface area (Å²) >= 11 is 0. The average Bonchev–Trinajstić information content (AvgIpc) is 2.87. The van der Waals surface area contributed by atoms with Crippen molar-refractivity contribution in [2.24, 2.45) is 0 Å². The van der Waals surface area contributed by atoms with Crippen LogP contribution in [-0.2, 0) is 0 Å². The third-order valence-electron chi connectivity index (χ3n) is 8.50. The van der Waals surface area contributed by atoms with E-state index in [1.165, 1.54) is 101 Å². The molecule has 1 saturated heterocycles. The molecule has 0 spiro atoms. The Morgan fingerprint density at radius 2 is 0.968 bits per heavy atom. The first-order valence-electron chi connectivity index (χ1n) is 13.3. The lowest BCUT2D eigenvalue weighted by atomic mass is 9.78. The van der Waals surface area contributed by atoms with Crippen LogP contribution in [0.3, 0.4) is 0 Å². The first-order chi connectivity index (χ1) is 15.4. The molecule has 3 aliphatic rings. The predicted molar refractivity (Wildman–Crippen MR) is 132 cm³/mol. The molecular formula is C30H41N. The Bertz CT molecular complexity index is 726. The van der Waals surface area contributed by atoms with Crippen LogP contribution in [-0.4, -0.2) is 12.6 Å². The maximum atomic E-state index is 3.87. The quantitative estimate of drug-likeness (QED) is 0.521. The Kier molecular flexibility index (Phi) is 7.09. The third-order valence-corrected chi connectivity index (χ3v) is 8.50. The molecule has 1 aliphatic heterocycles. The molecule has 2 aromatic rings. The highest BCUT2D eigenvalue weighted by molar-refractivity contribution is 5.39. The van der Waals surface area contributed by atoms with Gasteiger partial charge in [0.05, 0.1) is 0 Å². The Hall–Kier alpha value is -1.60. The Labute approximate surface area is 190 Å². The summed E-state index contributed by atoms with van der Waals surface area (Å²) in [4.78, 5) is 0. The SMILES string of the molecule is c1cc(C(c2ccc(C3CCCCC3)cc2)[C@H]2CCCCN2)ccc1C1CCCCC1. The van der Waals surface area contributed by atoms with Gasteiger partial charge in [-0.15, -0.1) is 0 Å². The summed E-state index contributed by atoms with van der Waals surface area (Å²) in [6.07, 6.45) is 18.0. The van der Waals surface area contributed by atoms with Gasteiger partial charge in [-0.05, 0) is 79.2 Å². The molecule has 2 aromatic carbocycles. The van der Waals surface area contributed by atoms with Crippen LogP contribution in [0.25, 0.3) is 0 Å². The zero-order valence-electron chi connectivity index (χ0n) is 19.3. The van der Waals surface area contributed by atoms with E-state index in [2.05, 4.69) is 53.8 Å². The lowest BCUT2D eigenvalue weighted by Gasteiger charge is -2.33. The fourth-order valence-electron chi connectivity index (χ4n) is 6.64. The second kappa shape index (κ2) is 10.3. The first-order valence-corrected chi connectivity index (χ1v) is 13.3. The monoisotopic (exact) mass is 415 g/mol. The molecule has 0 bridgehead atoms. The van der Waals surface area contributed by atoms with E-state index in [1.54, 1.807) is 11.1 Å². The lowest BCUT2D eigenvalue weighted by molar-refractivity contribution is 0.372. The summed E-state index contributed by atoms with van der Waals surface area (Å²) in [6.45, 7) is 1.17. The van der Waals surface area contributed by atoms with Crippen molar-refractivity contribution in [3.63, 3.8) is 0 Å². The molecule has 2 saturated carbocycles. The molecule has 166 valence electrons. The van der Waals surface area contributed by atoms with Gasteiger partial charge in [0.25, 0.3) is 0 Å². The molecule has 0 unspecified atom stereocenters. The second-order valence-electron chi connectivity index (χ2n) is 10.5. The zero-order chi connectivity index (χ0) is 20.9. The van der Waals surface area contributed by atoms with E-state index in [1.807, 2.05) is 0 Å². The fourth-order valence-corrected chi connectivity index (χ4v) is 6.64. The van der Waals surface area contributed by atoms with Crippen LogP contribution in [0.4, 0.5) is 0 Å². The summed E-state index contributed by atoms with van der Waals surface area (Å²) in [7, 11) is 0. The van der Waals surface area contributed by atoms with Gasteiger partial charge in [-0.3, -0.25) is 0 Å². The number of hydrogen-bond donors (Lipinski definition) is 1. The molecule has 0 aromatic heterocycles. The molecule has 2 aliphatic carbocycles. The molecule has 1 atom stereocenters. The number of piperidine rings is 1. The van der Waals surface area contributed by atoms with Crippen molar-refractivity contribution < 1.29 is 0 Å². The van der Waals surface area contributed by atoms with Gasteiger partial charge in [-0.2, -0.15) is 0 Å². The standard InChI is InChI=1S/C30H41N/c1-3-9-23(10-4-1)25-14-18-27(19-15-25)30(29-13-7-8-22-31-29)28-20-16-26(17-21-28)24-11-5-2-6-12-24/h14-21,23-24,29-31H,1-13,22H2/t29-/m1/s1. The van der Waals surface area contributed by atoms with Crippen molar-refractivity contribution in [1.29, 1.82) is 0 Å². The Morgan fingerprint density at radius 1 is 0.516 bits per heavy atom. The van der Waals surface area contributed by atoms with Crippen LogP contribution in [0.5, 0.6) is 0 Å². The molecule has 1 heteroatoms. The second-order valence-corrected chi connectivity index (χ2v) is 10.5. The highest BCUT2D eigenvalue weighted by Gasteiger charge is 2.27. The van der Waals surface area contributed by atoms with Crippen LogP contribution >= 0.6 is 0 Å². The van der Waals surface area contributed by atoms with Crippen LogP contribution in [0.2, 0.25) is 0 Å². The van der Waals surface area contributed by atoms with Crippen molar-refractivity contribution >= 4 is 0 Å². The summed E-state index contributed by atoms with van der Waals surface area (Å²) in [6, 6.07) is 20.2. The van der Waals surface area contributed by atoms with Crippen molar-refractivity contribution in [2.45, 2.75) is 107 Å². The van der Waals surface area contributed by atoms with Crippen molar-refractivity contribution in [1.82, 2.24) is 5.32 Å². The Morgan fingerprint density at radius 3 is 1.39 bits per heavy atom. The van der Waals surface area contributed by atoms with Crippen LogP contribution in [0.1, 0.15) is 123 Å². The first kappa shape index (κ1) is 21.3. The van der Waals surface area contributed by atoms with Gasteiger partial charge in [-0.1, -0.05) is 93.5 Å². The predicted octanol–water partition coefficient (Wildman–Crippen LogP) is 8.06. The maximum Gasteiger partial charge on any atom is 0.0243 e. The maximum absolute atomic E-state index is 3.87. The van der Waals surface area contributed by atoms with Crippen LogP contribution in [0, 0.1) is 0 Å². The minimum atomic E-state index is 0.473. The van der Waals surface area contributed by atoms with Gasteiger partial charge >= 0.3 is 0 Å². The number of benzene rings is 2. The van der Waals surface area contributed by atoms with E-state index in [9.17, 15) is 0 Å². The lowest BCUT2D eigenvalue weighted by Crippen LogP contribution is -2.39. The van der Waals surface area contributed by atoms with E-state index in [0.29, 0.717) is 12.0 Å². The van der Waals surface area contributed by atoms with Crippen molar-refractivity contribution in [2.75, 3.05) is 6.54 Å². The average molecular weight is 416 g/mol. The van der Waals surface area contributed by atoms with Gasteiger partial charge in [0.15, 0.2) is 0 Å². The molecule has 1 nitrogen and oxygen atoms in total. The van der Waals surface area contributed by atoms with Crippen LogP contribution < -0.4 is 5.32 Å². The zero-order valence-corrected chi connectivity index (χ0v) is 19.3. The van der Waals surface area contributed by atoms with Crippen molar-refractivity contribution in [3.8, 4) is 0 Å². The minimum absolute atomic E-state index is 0.473. The third kappa shape index (κ3) is 5.08. The van der Waals surface area contributed by atoms with Gasteiger partial charge in [0.2, 0.25) is 0 Å². The van der Waals surface area contributed by atoms with E-state index in [4.69, 9.17) is 0 Å². The Balaban J connectivity index is 1.39. The smallest absolute Gasteiger partial charge is 0.0243 e. The molecule has 1 heterocycles. The normalized spacial score (nSPS) is 23.8. The van der Waals surface area contributed by atoms with E-state index in [0.717, 1.165) is 11.8 Å². The molecule has 0 amide bonds. The van der Waals surface area contributed by atoms with Gasteiger partial charge in [0, 0.05) is 12.0 Å². The number of hydrogen-bond acceptors (Lipinski definition) is 1. The van der Waals surface area contributed by atoms with Gasteiger partial charge < -0.3 is 5.32 Å². The van der Waals surface area contributed by atoms with Gasteiger partial charge in [-0.25, -0.2) is 0 Å². The summed E-state index contributed by atoms with van der Waals surface area (Å²) in [5.41, 5.74) is 6.16. The van der Waals surface area contributed by atoms with Gasteiger partial charge in [0.1, 0.15) is 0 Å².